The molecule has 86 valence electrons. The number of hydrogen-bond acceptors (Lipinski definition) is 2. The molecule has 3 heteroatoms. The van der Waals surface area contributed by atoms with E-state index in [2.05, 4.69) is 32.1 Å². The maximum atomic E-state index is 5.78. The average Bonchev–Trinajstić information content (AvgIpc) is 2.42. The van der Waals surface area contributed by atoms with Gasteiger partial charge in [0.05, 0.1) is 5.69 Å². The molecule has 15 heavy (non-hydrogen) atoms. The average molecular weight is 209 g/mol. The number of aromatic nitrogens is 2. The highest BCUT2D eigenvalue weighted by molar-refractivity contribution is 5.24. The molecule has 0 fully saturated rings. The molecule has 0 saturated heterocycles. The molecule has 1 rings (SSSR count). The van der Waals surface area contributed by atoms with Gasteiger partial charge in [0.25, 0.3) is 0 Å². The molecule has 0 saturated carbocycles. The van der Waals surface area contributed by atoms with Crippen molar-refractivity contribution in [3.8, 4) is 0 Å². The van der Waals surface area contributed by atoms with Gasteiger partial charge in [0.15, 0.2) is 0 Å². The Hall–Kier alpha value is -0.830. The van der Waals surface area contributed by atoms with E-state index in [0.29, 0.717) is 0 Å². The molecule has 0 radical (unpaired) electrons. The van der Waals surface area contributed by atoms with Crippen LogP contribution < -0.4 is 5.73 Å². The van der Waals surface area contributed by atoms with Crippen molar-refractivity contribution in [2.24, 2.45) is 12.8 Å². The predicted molar refractivity (Wildman–Crippen MR) is 63.9 cm³/mol. The summed E-state index contributed by atoms with van der Waals surface area (Å²) in [5.41, 5.74) is 8.43. The van der Waals surface area contributed by atoms with Crippen molar-refractivity contribution in [3.05, 3.63) is 17.5 Å². The van der Waals surface area contributed by atoms with Gasteiger partial charge in [-0.15, -0.1) is 0 Å². The van der Waals surface area contributed by atoms with Crippen LogP contribution in [0.25, 0.3) is 0 Å². The highest BCUT2D eigenvalue weighted by Gasteiger charge is 2.21. The summed E-state index contributed by atoms with van der Waals surface area (Å²) in [6.07, 6.45) is 4.16. The molecule has 1 aromatic rings. The highest BCUT2D eigenvalue weighted by Crippen LogP contribution is 2.25. The van der Waals surface area contributed by atoms with E-state index in [1.54, 1.807) is 0 Å². The van der Waals surface area contributed by atoms with Gasteiger partial charge < -0.3 is 5.73 Å². The van der Waals surface area contributed by atoms with Gasteiger partial charge in [-0.1, -0.05) is 20.8 Å². The Morgan fingerprint density at radius 3 is 2.53 bits per heavy atom. The zero-order chi connectivity index (χ0) is 11.6. The van der Waals surface area contributed by atoms with Gasteiger partial charge in [0.1, 0.15) is 0 Å². The van der Waals surface area contributed by atoms with Crippen molar-refractivity contribution in [2.45, 2.75) is 52.0 Å². The van der Waals surface area contributed by atoms with Gasteiger partial charge in [-0.25, -0.2) is 0 Å². The lowest BCUT2D eigenvalue weighted by Crippen LogP contribution is -2.18. The predicted octanol–water partition coefficient (Wildman–Crippen LogP) is 2.00. The van der Waals surface area contributed by atoms with Crippen molar-refractivity contribution < 1.29 is 0 Å². The lowest BCUT2D eigenvalue weighted by Gasteiger charge is -2.17. The van der Waals surface area contributed by atoms with E-state index >= 15 is 0 Å². The van der Waals surface area contributed by atoms with E-state index in [1.165, 1.54) is 11.3 Å². The molecule has 0 aliphatic rings. The van der Waals surface area contributed by atoms with Gasteiger partial charge in [0, 0.05) is 24.7 Å². The van der Waals surface area contributed by atoms with Crippen LogP contribution in [0, 0.1) is 0 Å². The van der Waals surface area contributed by atoms with Gasteiger partial charge in [-0.2, -0.15) is 5.10 Å². The van der Waals surface area contributed by atoms with Crippen LogP contribution in [0.1, 0.15) is 45.4 Å². The first-order chi connectivity index (χ1) is 6.80. The van der Waals surface area contributed by atoms with Crippen LogP contribution in [0.5, 0.6) is 0 Å². The molecule has 1 atom stereocenters. The Morgan fingerprint density at radius 1 is 1.47 bits per heavy atom. The second-order valence-corrected chi connectivity index (χ2v) is 5.44. The van der Waals surface area contributed by atoms with Crippen LogP contribution in [0.3, 0.4) is 0 Å². The van der Waals surface area contributed by atoms with E-state index in [0.717, 1.165) is 12.8 Å². The minimum atomic E-state index is 0.119. The summed E-state index contributed by atoms with van der Waals surface area (Å²) in [6, 6.07) is 0.262. The molecule has 1 aromatic heterocycles. The molecule has 0 aliphatic heterocycles. The molecule has 0 spiro atoms. The first-order valence-corrected chi connectivity index (χ1v) is 5.59. The standard InChI is InChI=1S/C12H23N3/c1-9(13)6-7-10-8-15(5)14-11(10)12(2,3)4/h8-9H,6-7,13H2,1-5H3/t9-/m1/s1. The Balaban J connectivity index is 2.87. The largest absolute Gasteiger partial charge is 0.328 e. The second-order valence-electron chi connectivity index (χ2n) is 5.44. The normalized spacial score (nSPS) is 14.3. The number of aryl methyl sites for hydroxylation is 2. The fourth-order valence-electron chi connectivity index (χ4n) is 1.74. The van der Waals surface area contributed by atoms with Crippen molar-refractivity contribution in [3.63, 3.8) is 0 Å². The SMILES string of the molecule is C[C@@H](N)CCc1cn(C)nc1C(C)(C)C. The second kappa shape index (κ2) is 4.35. The number of nitrogens with two attached hydrogens (primary N) is 1. The van der Waals surface area contributed by atoms with Gasteiger partial charge in [-0.3, -0.25) is 4.68 Å². The van der Waals surface area contributed by atoms with Crippen molar-refractivity contribution in [2.75, 3.05) is 0 Å². The van der Waals surface area contributed by atoms with Crippen molar-refractivity contribution >= 4 is 0 Å². The molecule has 3 nitrogen and oxygen atoms in total. The summed E-state index contributed by atoms with van der Waals surface area (Å²) < 4.78 is 1.90. The Kier molecular flexibility index (Phi) is 3.55. The van der Waals surface area contributed by atoms with Crippen LogP contribution >= 0.6 is 0 Å². The van der Waals surface area contributed by atoms with Gasteiger partial charge >= 0.3 is 0 Å². The summed E-state index contributed by atoms with van der Waals surface area (Å²) in [6.45, 7) is 8.65. The van der Waals surface area contributed by atoms with E-state index in [9.17, 15) is 0 Å². The molecule has 0 aliphatic carbocycles. The molecule has 0 unspecified atom stereocenters. The zero-order valence-electron chi connectivity index (χ0n) is 10.5. The minimum Gasteiger partial charge on any atom is -0.328 e. The molecular weight excluding hydrogens is 186 g/mol. The summed E-state index contributed by atoms with van der Waals surface area (Å²) in [5, 5.41) is 4.54. The summed E-state index contributed by atoms with van der Waals surface area (Å²) in [5.74, 6) is 0. The minimum absolute atomic E-state index is 0.119. The van der Waals surface area contributed by atoms with E-state index in [1.807, 2.05) is 18.7 Å². The number of nitrogens with zero attached hydrogens (tertiary/aromatic N) is 2. The number of hydrogen-bond donors (Lipinski definition) is 1. The smallest absolute Gasteiger partial charge is 0.0709 e. The molecule has 0 aromatic carbocycles. The molecular formula is C12H23N3. The lowest BCUT2D eigenvalue weighted by atomic mass is 9.88. The maximum Gasteiger partial charge on any atom is 0.0709 e. The summed E-state index contributed by atoms with van der Waals surface area (Å²) >= 11 is 0. The van der Waals surface area contributed by atoms with Crippen LogP contribution in [-0.2, 0) is 18.9 Å². The summed E-state index contributed by atoms with van der Waals surface area (Å²) in [7, 11) is 1.98. The van der Waals surface area contributed by atoms with E-state index in [4.69, 9.17) is 5.73 Å². The van der Waals surface area contributed by atoms with Gasteiger partial charge in [-0.05, 0) is 25.3 Å². The molecule has 0 bridgehead atoms. The first kappa shape index (κ1) is 12.2. The molecule has 0 amide bonds. The Morgan fingerprint density at radius 2 is 2.07 bits per heavy atom. The first-order valence-electron chi connectivity index (χ1n) is 5.59. The third-order valence-corrected chi connectivity index (χ3v) is 2.48. The van der Waals surface area contributed by atoms with Crippen molar-refractivity contribution in [1.82, 2.24) is 9.78 Å². The Labute approximate surface area is 92.7 Å². The number of rotatable bonds is 3. The van der Waals surface area contributed by atoms with Crippen LogP contribution in [0.15, 0.2) is 6.20 Å². The summed E-state index contributed by atoms with van der Waals surface area (Å²) in [4.78, 5) is 0. The van der Waals surface area contributed by atoms with Gasteiger partial charge in [0.2, 0.25) is 0 Å². The Bertz CT molecular complexity index is 318. The molecule has 2 N–H and O–H groups in total. The van der Waals surface area contributed by atoms with E-state index in [-0.39, 0.29) is 11.5 Å². The van der Waals surface area contributed by atoms with Crippen LogP contribution in [-0.4, -0.2) is 15.8 Å². The van der Waals surface area contributed by atoms with Crippen molar-refractivity contribution in [1.29, 1.82) is 0 Å². The fraction of sp³-hybridized carbons (Fsp3) is 0.750. The van der Waals surface area contributed by atoms with Crippen LogP contribution in [0.4, 0.5) is 0 Å². The topological polar surface area (TPSA) is 43.8 Å². The maximum absolute atomic E-state index is 5.78. The highest BCUT2D eigenvalue weighted by atomic mass is 15.3. The third kappa shape index (κ3) is 3.34. The lowest BCUT2D eigenvalue weighted by molar-refractivity contribution is 0.544. The molecule has 1 heterocycles. The third-order valence-electron chi connectivity index (χ3n) is 2.48. The monoisotopic (exact) mass is 209 g/mol. The quantitative estimate of drug-likeness (QED) is 0.827. The van der Waals surface area contributed by atoms with E-state index < -0.39 is 0 Å². The fourth-order valence-corrected chi connectivity index (χ4v) is 1.74. The zero-order valence-corrected chi connectivity index (χ0v) is 10.5. The van der Waals surface area contributed by atoms with Crippen LogP contribution in [0.2, 0.25) is 0 Å².